The molecule has 0 aliphatic rings. The summed E-state index contributed by atoms with van der Waals surface area (Å²) in [7, 11) is 2.17. The molecule has 0 N–H and O–H groups in total. The zero-order valence-corrected chi connectivity index (χ0v) is 17.5. The molecule has 4 heterocycles. The molecule has 0 spiro atoms. The fourth-order valence-corrected chi connectivity index (χ4v) is 5.08. The van der Waals surface area contributed by atoms with Gasteiger partial charge in [-0.25, -0.2) is 4.57 Å². The van der Waals surface area contributed by atoms with Gasteiger partial charge in [-0.15, -0.1) is 0 Å². The highest BCUT2D eigenvalue weighted by atomic mass is 15.0. The van der Waals surface area contributed by atoms with Crippen LogP contribution in [0.15, 0.2) is 48.8 Å². The summed E-state index contributed by atoms with van der Waals surface area (Å²) in [5.41, 5.74) is 10.2. The van der Waals surface area contributed by atoms with Crippen LogP contribution in [0.25, 0.3) is 49.1 Å². The summed E-state index contributed by atoms with van der Waals surface area (Å²) < 4.78 is 4.75. The second kappa shape index (κ2) is 5.44. The second-order valence-electron chi connectivity index (χ2n) is 8.73. The SMILES string of the molecule is Cc1cc2c3ncccc3n3c4cc(C(C)C)cc5cc[n+](C)c(c(c1C)c23)c54. The molecule has 142 valence electrons. The van der Waals surface area contributed by atoms with Crippen molar-refractivity contribution in [1.82, 2.24) is 9.38 Å². The van der Waals surface area contributed by atoms with Crippen molar-refractivity contribution in [2.24, 2.45) is 7.05 Å². The van der Waals surface area contributed by atoms with Gasteiger partial charge in [-0.3, -0.25) is 4.98 Å². The second-order valence-corrected chi connectivity index (χ2v) is 8.73. The summed E-state index contributed by atoms with van der Waals surface area (Å²) in [4.78, 5) is 4.80. The first-order chi connectivity index (χ1) is 14.0. The minimum atomic E-state index is 0.477. The van der Waals surface area contributed by atoms with Crippen molar-refractivity contribution in [3.8, 4) is 0 Å². The molecular weight excluding hydrogens is 354 g/mol. The van der Waals surface area contributed by atoms with E-state index in [2.05, 4.69) is 80.2 Å². The Labute approximate surface area is 169 Å². The predicted octanol–water partition coefficient (Wildman–Crippen LogP) is 5.95. The number of hydrogen-bond acceptors (Lipinski definition) is 1. The lowest BCUT2D eigenvalue weighted by Gasteiger charge is -2.16. The summed E-state index contributed by atoms with van der Waals surface area (Å²) in [5.74, 6) is 0.477. The molecule has 0 fully saturated rings. The average Bonchev–Trinajstić information content (AvgIpc) is 3.04. The van der Waals surface area contributed by atoms with Crippen LogP contribution in [0, 0.1) is 13.8 Å². The van der Waals surface area contributed by atoms with Crippen molar-refractivity contribution < 1.29 is 4.57 Å². The summed E-state index contributed by atoms with van der Waals surface area (Å²) >= 11 is 0. The standard InChI is InChI=1S/C26H24N3/c1-14(2)18-12-17-8-10-28(5)26-22-16(4)15(3)11-19-24-20(7-6-9-27-24)29(25(19)22)21(13-18)23(17)26/h6-14H,1-5H3/q+1. The molecule has 0 radical (unpaired) electrons. The van der Waals surface area contributed by atoms with Crippen molar-refractivity contribution in [2.75, 3.05) is 0 Å². The van der Waals surface area contributed by atoms with Crippen molar-refractivity contribution in [3.05, 3.63) is 65.5 Å². The molecule has 4 aromatic heterocycles. The van der Waals surface area contributed by atoms with Gasteiger partial charge in [0, 0.05) is 17.6 Å². The largest absolute Gasteiger partial charge is 0.306 e. The van der Waals surface area contributed by atoms with Crippen molar-refractivity contribution >= 4 is 49.1 Å². The van der Waals surface area contributed by atoms with E-state index in [4.69, 9.17) is 4.98 Å². The molecule has 0 unspecified atom stereocenters. The van der Waals surface area contributed by atoms with Crippen molar-refractivity contribution in [3.63, 3.8) is 0 Å². The molecule has 6 aromatic rings. The van der Waals surface area contributed by atoms with Crippen LogP contribution in [0.2, 0.25) is 0 Å². The van der Waals surface area contributed by atoms with Gasteiger partial charge >= 0.3 is 0 Å². The van der Waals surface area contributed by atoms with Crippen LogP contribution in [0.3, 0.4) is 0 Å². The molecule has 0 aliphatic carbocycles. The molecular formula is C26H24N3+. The van der Waals surface area contributed by atoms with Crippen LogP contribution in [0.4, 0.5) is 0 Å². The monoisotopic (exact) mass is 378 g/mol. The van der Waals surface area contributed by atoms with Gasteiger partial charge in [-0.05, 0) is 66.1 Å². The van der Waals surface area contributed by atoms with E-state index in [1.807, 2.05) is 12.3 Å². The van der Waals surface area contributed by atoms with E-state index < -0.39 is 0 Å². The van der Waals surface area contributed by atoms with Crippen molar-refractivity contribution in [2.45, 2.75) is 33.6 Å². The summed E-state index contributed by atoms with van der Waals surface area (Å²) in [6.07, 6.45) is 4.11. The Morgan fingerprint density at radius 1 is 1.00 bits per heavy atom. The quantitative estimate of drug-likeness (QED) is 0.197. The molecule has 0 saturated heterocycles. The van der Waals surface area contributed by atoms with Gasteiger partial charge in [-0.1, -0.05) is 19.9 Å². The van der Waals surface area contributed by atoms with E-state index in [0.717, 1.165) is 5.52 Å². The minimum absolute atomic E-state index is 0.477. The third-order valence-corrected chi connectivity index (χ3v) is 6.71. The zero-order chi connectivity index (χ0) is 20.0. The number of fused-ring (bicyclic) bond motifs is 5. The fourth-order valence-electron chi connectivity index (χ4n) is 5.08. The molecule has 0 aliphatic heterocycles. The van der Waals surface area contributed by atoms with Gasteiger partial charge in [0.25, 0.3) is 0 Å². The Hall–Kier alpha value is -3.20. The minimum Gasteiger partial charge on any atom is -0.306 e. The molecule has 2 aromatic carbocycles. The highest BCUT2D eigenvalue weighted by Crippen LogP contribution is 2.41. The van der Waals surface area contributed by atoms with E-state index in [-0.39, 0.29) is 0 Å². The number of aromatic nitrogens is 3. The lowest BCUT2D eigenvalue weighted by molar-refractivity contribution is -0.643. The molecule has 0 bridgehead atoms. The fraction of sp³-hybridized carbons (Fsp3) is 0.231. The average molecular weight is 378 g/mol. The lowest BCUT2D eigenvalue weighted by Crippen LogP contribution is -2.29. The highest BCUT2D eigenvalue weighted by molar-refractivity contribution is 6.25. The number of benzene rings is 2. The first kappa shape index (κ1) is 16.7. The number of hydrogen-bond donors (Lipinski definition) is 0. The Balaban J connectivity index is 2.10. The van der Waals surface area contributed by atoms with Gasteiger partial charge in [0.15, 0.2) is 6.20 Å². The number of aryl methyl sites for hydroxylation is 3. The number of nitrogens with zero attached hydrogens (tertiary/aromatic N) is 3. The maximum atomic E-state index is 4.80. The Kier molecular flexibility index (Phi) is 3.14. The predicted molar refractivity (Wildman–Crippen MR) is 121 cm³/mol. The molecule has 0 saturated carbocycles. The van der Waals surface area contributed by atoms with Gasteiger partial charge in [-0.2, -0.15) is 0 Å². The van der Waals surface area contributed by atoms with Crippen LogP contribution in [0.1, 0.15) is 36.5 Å². The van der Waals surface area contributed by atoms with Crippen LogP contribution in [-0.2, 0) is 7.05 Å². The van der Waals surface area contributed by atoms with Crippen molar-refractivity contribution in [1.29, 1.82) is 0 Å². The molecule has 0 atom stereocenters. The Morgan fingerprint density at radius 2 is 1.83 bits per heavy atom. The highest BCUT2D eigenvalue weighted by Gasteiger charge is 2.25. The maximum Gasteiger partial charge on any atom is 0.224 e. The van der Waals surface area contributed by atoms with Gasteiger partial charge in [0.1, 0.15) is 7.05 Å². The van der Waals surface area contributed by atoms with E-state index in [0.29, 0.717) is 5.92 Å². The Morgan fingerprint density at radius 3 is 2.62 bits per heavy atom. The summed E-state index contributed by atoms with van der Waals surface area (Å²) in [6, 6.07) is 13.6. The third-order valence-electron chi connectivity index (χ3n) is 6.71. The van der Waals surface area contributed by atoms with Gasteiger partial charge in [0.2, 0.25) is 5.52 Å². The normalized spacial score (nSPS) is 12.6. The molecule has 3 nitrogen and oxygen atoms in total. The van der Waals surface area contributed by atoms with Gasteiger partial charge in [0.05, 0.1) is 32.8 Å². The van der Waals surface area contributed by atoms with E-state index in [9.17, 15) is 0 Å². The third kappa shape index (κ3) is 1.97. The van der Waals surface area contributed by atoms with E-state index in [1.54, 1.807) is 0 Å². The number of pyridine rings is 3. The summed E-state index contributed by atoms with van der Waals surface area (Å²) in [6.45, 7) is 9.01. The molecule has 0 amide bonds. The molecule has 3 heteroatoms. The number of rotatable bonds is 1. The van der Waals surface area contributed by atoms with Crippen LogP contribution >= 0.6 is 0 Å². The Bertz CT molecular complexity index is 1600. The van der Waals surface area contributed by atoms with Crippen LogP contribution in [-0.4, -0.2) is 9.38 Å². The van der Waals surface area contributed by atoms with Crippen LogP contribution < -0.4 is 4.57 Å². The molecule has 6 rings (SSSR count). The van der Waals surface area contributed by atoms with E-state index >= 15 is 0 Å². The first-order valence-corrected chi connectivity index (χ1v) is 10.3. The first-order valence-electron chi connectivity index (χ1n) is 10.3. The van der Waals surface area contributed by atoms with Crippen LogP contribution in [0.5, 0.6) is 0 Å². The maximum absolute atomic E-state index is 4.80. The lowest BCUT2D eigenvalue weighted by atomic mass is 9.94. The molecule has 29 heavy (non-hydrogen) atoms. The van der Waals surface area contributed by atoms with Gasteiger partial charge < -0.3 is 4.40 Å². The topological polar surface area (TPSA) is 21.2 Å². The van der Waals surface area contributed by atoms with E-state index in [1.165, 1.54) is 60.3 Å². The zero-order valence-electron chi connectivity index (χ0n) is 17.5. The summed E-state index contributed by atoms with van der Waals surface area (Å²) in [5, 5.41) is 5.24. The smallest absolute Gasteiger partial charge is 0.224 e.